The van der Waals surface area contributed by atoms with Crippen LogP contribution in [-0.2, 0) is 0 Å². The van der Waals surface area contributed by atoms with Gasteiger partial charge in [-0.3, -0.25) is 0 Å². The Hall–Kier alpha value is -1.05. The van der Waals surface area contributed by atoms with E-state index in [1.165, 1.54) is 0 Å². The largest absolute Gasteiger partial charge is 0.435 e. The molecule has 0 bridgehead atoms. The number of hydrogen-bond acceptors (Lipinski definition) is 0. The van der Waals surface area contributed by atoms with Crippen LogP contribution < -0.4 is 0 Å². The van der Waals surface area contributed by atoms with Gasteiger partial charge in [-0.15, -0.1) is 0 Å². The number of rotatable bonds is 6. The summed E-state index contributed by atoms with van der Waals surface area (Å²) < 4.78 is 186. The minimum absolute atomic E-state index is 5.22. The first-order valence-corrected chi connectivity index (χ1v) is 4.89. The van der Waals surface area contributed by atoms with Crippen molar-refractivity contribution in [1.29, 1.82) is 0 Å². The standard InChI is InChI=1S/C8H3F15/c9-1(2(10)11)4(14,15)6(18,8(21,22)23)7(19,20)5(16,17)3(12)13/h1-3H. The van der Waals surface area contributed by atoms with Crippen molar-refractivity contribution >= 4 is 0 Å². The maximum Gasteiger partial charge on any atom is 0.435 e. The minimum Gasteiger partial charge on any atom is -0.234 e. The van der Waals surface area contributed by atoms with Crippen LogP contribution in [0.15, 0.2) is 0 Å². The maximum atomic E-state index is 13.3. The van der Waals surface area contributed by atoms with E-state index in [-0.39, 0.29) is 0 Å². The molecule has 23 heavy (non-hydrogen) atoms. The molecule has 0 heterocycles. The summed E-state index contributed by atoms with van der Waals surface area (Å²) in [6.07, 6.45) is -24.5. The minimum atomic E-state index is -8.05. The summed E-state index contributed by atoms with van der Waals surface area (Å²) in [4.78, 5) is 0. The molecule has 2 unspecified atom stereocenters. The van der Waals surface area contributed by atoms with E-state index < -0.39 is 48.6 Å². The van der Waals surface area contributed by atoms with Crippen molar-refractivity contribution in [2.24, 2.45) is 0 Å². The molecule has 0 amide bonds. The lowest BCUT2D eigenvalue weighted by atomic mass is 9.83. The van der Waals surface area contributed by atoms with Crippen LogP contribution in [0.3, 0.4) is 0 Å². The quantitative estimate of drug-likeness (QED) is 0.564. The van der Waals surface area contributed by atoms with Crippen LogP contribution in [0.2, 0.25) is 0 Å². The molecule has 0 fully saturated rings. The van der Waals surface area contributed by atoms with Gasteiger partial charge in [-0.1, -0.05) is 0 Å². The van der Waals surface area contributed by atoms with E-state index in [1.54, 1.807) is 0 Å². The van der Waals surface area contributed by atoms with E-state index in [4.69, 9.17) is 0 Å². The number of alkyl halides is 15. The van der Waals surface area contributed by atoms with E-state index in [0.29, 0.717) is 0 Å². The Morgan fingerprint density at radius 1 is 0.522 bits per heavy atom. The predicted molar refractivity (Wildman–Crippen MR) is 41.6 cm³/mol. The summed E-state index contributed by atoms with van der Waals surface area (Å²) in [6.45, 7) is 0. The van der Waals surface area contributed by atoms with Gasteiger partial charge in [0.2, 0.25) is 6.17 Å². The van der Waals surface area contributed by atoms with Gasteiger partial charge in [0.05, 0.1) is 0 Å². The Bertz CT molecular complexity index is 408. The molecule has 0 N–H and O–H groups in total. The highest BCUT2D eigenvalue weighted by atomic mass is 19.4. The average molecular weight is 384 g/mol. The van der Waals surface area contributed by atoms with E-state index in [1.807, 2.05) is 0 Å². The van der Waals surface area contributed by atoms with E-state index in [9.17, 15) is 65.9 Å². The third-order valence-electron chi connectivity index (χ3n) is 2.54. The molecule has 0 radical (unpaired) electrons. The SMILES string of the molecule is FC(F)C(F)C(F)(F)C(F)(C(F)(F)F)C(F)(F)C(F)(F)C(F)F. The lowest BCUT2D eigenvalue weighted by Crippen LogP contribution is -2.74. The van der Waals surface area contributed by atoms with E-state index in [2.05, 4.69) is 0 Å². The van der Waals surface area contributed by atoms with Crippen molar-refractivity contribution in [3.05, 3.63) is 0 Å². The van der Waals surface area contributed by atoms with Crippen molar-refractivity contribution in [2.75, 3.05) is 0 Å². The van der Waals surface area contributed by atoms with Crippen LogP contribution in [0.5, 0.6) is 0 Å². The molecule has 0 aromatic heterocycles. The molecule has 0 nitrogen and oxygen atoms in total. The third kappa shape index (κ3) is 2.90. The van der Waals surface area contributed by atoms with Gasteiger partial charge in [0.15, 0.2) is 0 Å². The van der Waals surface area contributed by atoms with Crippen molar-refractivity contribution < 1.29 is 65.9 Å². The molecule has 15 heteroatoms. The summed E-state index contributed by atoms with van der Waals surface area (Å²) >= 11 is 0. The number of hydrogen-bond donors (Lipinski definition) is 0. The first-order chi connectivity index (χ1) is 9.80. The topological polar surface area (TPSA) is 0 Å². The summed E-state index contributed by atoms with van der Waals surface area (Å²) in [5.41, 5.74) is -8.05. The van der Waals surface area contributed by atoms with Gasteiger partial charge >= 0.3 is 36.0 Å². The highest BCUT2D eigenvalue weighted by Gasteiger charge is 2.92. The van der Waals surface area contributed by atoms with Crippen LogP contribution in [0.4, 0.5) is 65.9 Å². The van der Waals surface area contributed by atoms with Crippen molar-refractivity contribution in [1.82, 2.24) is 0 Å². The van der Waals surface area contributed by atoms with Gasteiger partial charge < -0.3 is 0 Å². The smallest absolute Gasteiger partial charge is 0.234 e. The molecule has 0 aromatic rings. The van der Waals surface area contributed by atoms with Crippen LogP contribution in [-0.4, -0.2) is 48.6 Å². The zero-order chi connectivity index (χ0) is 19.2. The van der Waals surface area contributed by atoms with Crippen LogP contribution in [0.25, 0.3) is 0 Å². The Morgan fingerprint density at radius 3 is 1.09 bits per heavy atom. The van der Waals surface area contributed by atoms with E-state index in [0.717, 1.165) is 0 Å². The predicted octanol–water partition coefficient (Wildman–Crippen LogP) is 5.03. The van der Waals surface area contributed by atoms with Crippen molar-refractivity contribution in [3.8, 4) is 0 Å². The van der Waals surface area contributed by atoms with Gasteiger partial charge in [0.1, 0.15) is 0 Å². The Balaban J connectivity index is 6.59. The van der Waals surface area contributed by atoms with Gasteiger partial charge in [-0.25, -0.2) is 26.3 Å². The Morgan fingerprint density at radius 2 is 0.870 bits per heavy atom. The summed E-state index contributed by atoms with van der Waals surface area (Å²) in [6, 6.07) is 0. The average Bonchev–Trinajstić information content (AvgIpc) is 2.34. The highest BCUT2D eigenvalue weighted by Crippen LogP contribution is 2.61. The fraction of sp³-hybridized carbons (Fsp3) is 1.00. The third-order valence-corrected chi connectivity index (χ3v) is 2.54. The molecule has 0 rings (SSSR count). The zero-order valence-corrected chi connectivity index (χ0v) is 9.90. The van der Waals surface area contributed by atoms with Crippen molar-refractivity contribution in [2.45, 2.75) is 48.6 Å². The molecule has 140 valence electrons. The van der Waals surface area contributed by atoms with Gasteiger partial charge in [0.25, 0.3) is 6.43 Å². The summed E-state index contributed by atoms with van der Waals surface area (Å²) in [5.74, 6) is -22.9. The van der Waals surface area contributed by atoms with Gasteiger partial charge in [-0.2, -0.15) is 39.5 Å². The van der Waals surface area contributed by atoms with Gasteiger partial charge in [0, 0.05) is 0 Å². The van der Waals surface area contributed by atoms with Crippen LogP contribution >= 0.6 is 0 Å². The zero-order valence-electron chi connectivity index (χ0n) is 9.90. The van der Waals surface area contributed by atoms with Gasteiger partial charge in [-0.05, 0) is 0 Å². The lowest BCUT2D eigenvalue weighted by molar-refractivity contribution is -0.422. The molecular weight excluding hydrogens is 381 g/mol. The fourth-order valence-corrected chi connectivity index (χ4v) is 1.29. The molecular formula is C8H3F15. The summed E-state index contributed by atoms with van der Waals surface area (Å²) in [7, 11) is 0. The second-order valence-electron chi connectivity index (χ2n) is 4.01. The molecule has 0 aliphatic rings. The van der Waals surface area contributed by atoms with E-state index >= 15 is 0 Å². The maximum absolute atomic E-state index is 13.3. The molecule has 0 saturated carbocycles. The second kappa shape index (κ2) is 5.79. The molecule has 0 saturated heterocycles. The molecule has 0 aliphatic carbocycles. The van der Waals surface area contributed by atoms with Crippen molar-refractivity contribution in [3.63, 3.8) is 0 Å². The van der Waals surface area contributed by atoms with Crippen LogP contribution in [0, 0.1) is 0 Å². The second-order valence-corrected chi connectivity index (χ2v) is 4.01. The molecule has 2 atom stereocenters. The number of halogens is 15. The fourth-order valence-electron chi connectivity index (χ4n) is 1.29. The molecule has 0 spiro atoms. The lowest BCUT2D eigenvalue weighted by Gasteiger charge is -2.43. The Labute approximate surface area is 116 Å². The summed E-state index contributed by atoms with van der Waals surface area (Å²) in [5, 5.41) is 0. The monoisotopic (exact) mass is 384 g/mol. The molecule has 0 aromatic carbocycles. The Kier molecular flexibility index (Phi) is 5.53. The van der Waals surface area contributed by atoms with Crippen LogP contribution in [0.1, 0.15) is 0 Å². The first kappa shape index (κ1) is 21.9. The normalized spacial score (nSPS) is 19.2. The molecule has 0 aliphatic heterocycles. The first-order valence-electron chi connectivity index (χ1n) is 4.89. The highest BCUT2D eigenvalue weighted by molar-refractivity contribution is 5.16.